The number of hydrogen-bond acceptors (Lipinski definition) is 4. The zero-order valence-corrected chi connectivity index (χ0v) is 14.2. The second kappa shape index (κ2) is 7.90. The summed E-state index contributed by atoms with van der Waals surface area (Å²) in [6, 6.07) is 13.0. The summed E-state index contributed by atoms with van der Waals surface area (Å²) in [5.74, 6) is -4.25. The van der Waals surface area contributed by atoms with Crippen molar-refractivity contribution in [1.82, 2.24) is 4.98 Å². The maximum atomic E-state index is 14.8. The van der Waals surface area contributed by atoms with Crippen molar-refractivity contribution in [2.75, 3.05) is 7.11 Å². The van der Waals surface area contributed by atoms with Crippen molar-refractivity contribution in [3.05, 3.63) is 83.3 Å². The molecule has 0 aliphatic carbocycles. The van der Waals surface area contributed by atoms with Crippen LogP contribution < -0.4 is 4.74 Å². The van der Waals surface area contributed by atoms with Crippen LogP contribution in [0.3, 0.4) is 0 Å². The lowest BCUT2D eigenvalue weighted by Crippen LogP contribution is -2.07. The molecule has 0 saturated heterocycles. The number of pyridine rings is 1. The Morgan fingerprint density at radius 1 is 0.963 bits per heavy atom. The van der Waals surface area contributed by atoms with E-state index in [1.807, 2.05) is 6.07 Å². The number of ether oxygens (including phenoxy) is 2. The molecular weight excluding hydrogens is 359 g/mol. The van der Waals surface area contributed by atoms with Crippen molar-refractivity contribution < 1.29 is 27.4 Å². The van der Waals surface area contributed by atoms with Crippen LogP contribution in [0.5, 0.6) is 5.75 Å². The minimum absolute atomic E-state index is 0.0426. The molecule has 3 rings (SSSR count). The lowest BCUT2D eigenvalue weighted by atomic mass is 10.1. The Bertz CT molecular complexity index is 978. The third kappa shape index (κ3) is 3.92. The Morgan fingerprint density at radius 2 is 1.67 bits per heavy atom. The first kappa shape index (κ1) is 18.4. The van der Waals surface area contributed by atoms with Crippen LogP contribution in [0.15, 0.2) is 54.6 Å². The third-order valence-electron chi connectivity index (χ3n) is 3.77. The summed E-state index contributed by atoms with van der Waals surface area (Å²) in [6.45, 7) is 0.0426. The number of benzene rings is 2. The number of esters is 1. The van der Waals surface area contributed by atoms with E-state index in [0.29, 0.717) is 0 Å². The summed E-state index contributed by atoms with van der Waals surface area (Å²) >= 11 is 0. The van der Waals surface area contributed by atoms with E-state index < -0.39 is 34.7 Å². The molecule has 0 saturated carbocycles. The molecule has 27 heavy (non-hydrogen) atoms. The molecule has 2 aromatic carbocycles. The van der Waals surface area contributed by atoms with Gasteiger partial charge in [0.2, 0.25) is 0 Å². The van der Waals surface area contributed by atoms with Gasteiger partial charge in [-0.05, 0) is 29.8 Å². The first-order valence-corrected chi connectivity index (χ1v) is 7.91. The summed E-state index contributed by atoms with van der Waals surface area (Å²) in [6.07, 6.45) is 0. The summed E-state index contributed by atoms with van der Waals surface area (Å²) in [5.41, 5.74) is -0.857. The van der Waals surface area contributed by atoms with Gasteiger partial charge in [0.05, 0.1) is 12.7 Å². The standard InChI is InChI=1S/C20H14F3NO3/c1-26-20(25)15-9-7-14(22)19(24-15)17-13(21)8-10-16(18(17)23)27-11-12-5-3-2-4-6-12/h2-10H,11H2,1H3. The van der Waals surface area contributed by atoms with Gasteiger partial charge >= 0.3 is 5.97 Å². The number of rotatable bonds is 5. The number of carbonyl (C=O) groups is 1. The molecule has 1 aromatic heterocycles. The predicted molar refractivity (Wildman–Crippen MR) is 91.7 cm³/mol. The van der Waals surface area contributed by atoms with Crippen LogP contribution in [0.2, 0.25) is 0 Å². The van der Waals surface area contributed by atoms with E-state index in [-0.39, 0.29) is 18.1 Å². The van der Waals surface area contributed by atoms with Crippen LogP contribution in [0.1, 0.15) is 16.1 Å². The third-order valence-corrected chi connectivity index (χ3v) is 3.77. The van der Waals surface area contributed by atoms with Gasteiger partial charge in [-0.1, -0.05) is 30.3 Å². The topological polar surface area (TPSA) is 48.4 Å². The fourth-order valence-electron chi connectivity index (χ4n) is 2.43. The molecule has 0 N–H and O–H groups in total. The van der Waals surface area contributed by atoms with Crippen molar-refractivity contribution in [2.24, 2.45) is 0 Å². The van der Waals surface area contributed by atoms with Gasteiger partial charge in [0, 0.05) is 0 Å². The molecule has 0 amide bonds. The van der Waals surface area contributed by atoms with E-state index in [0.717, 1.165) is 36.9 Å². The van der Waals surface area contributed by atoms with Crippen LogP contribution in [0.25, 0.3) is 11.3 Å². The molecule has 138 valence electrons. The van der Waals surface area contributed by atoms with E-state index in [2.05, 4.69) is 9.72 Å². The molecule has 1 heterocycles. The van der Waals surface area contributed by atoms with Gasteiger partial charge in [-0.25, -0.2) is 22.9 Å². The maximum Gasteiger partial charge on any atom is 0.356 e. The SMILES string of the molecule is COC(=O)c1ccc(F)c(-c2c(F)ccc(OCc3ccccc3)c2F)n1. The van der Waals surface area contributed by atoms with Crippen molar-refractivity contribution >= 4 is 5.97 Å². The highest BCUT2D eigenvalue weighted by Gasteiger charge is 2.22. The zero-order valence-electron chi connectivity index (χ0n) is 14.2. The minimum Gasteiger partial charge on any atom is -0.486 e. The highest BCUT2D eigenvalue weighted by atomic mass is 19.1. The van der Waals surface area contributed by atoms with Crippen LogP contribution in [-0.4, -0.2) is 18.1 Å². The number of nitrogens with zero attached hydrogens (tertiary/aromatic N) is 1. The molecule has 0 spiro atoms. The number of aromatic nitrogens is 1. The van der Waals surface area contributed by atoms with Crippen molar-refractivity contribution in [1.29, 1.82) is 0 Å². The fraction of sp³-hybridized carbons (Fsp3) is 0.100. The minimum atomic E-state index is -1.11. The lowest BCUT2D eigenvalue weighted by Gasteiger charge is -2.12. The summed E-state index contributed by atoms with van der Waals surface area (Å²) in [7, 11) is 1.12. The highest BCUT2D eigenvalue weighted by Crippen LogP contribution is 2.33. The Hall–Kier alpha value is -3.35. The van der Waals surface area contributed by atoms with E-state index in [1.165, 1.54) is 0 Å². The maximum absolute atomic E-state index is 14.8. The Balaban J connectivity index is 2.00. The zero-order chi connectivity index (χ0) is 19.4. The Morgan fingerprint density at radius 3 is 2.37 bits per heavy atom. The van der Waals surface area contributed by atoms with E-state index in [4.69, 9.17) is 4.74 Å². The predicted octanol–water partition coefficient (Wildman–Crippen LogP) is 4.53. The second-order valence-corrected chi connectivity index (χ2v) is 5.53. The van der Waals surface area contributed by atoms with Crippen LogP contribution in [0.4, 0.5) is 13.2 Å². The molecule has 0 aliphatic rings. The van der Waals surface area contributed by atoms with Gasteiger partial charge in [-0.2, -0.15) is 0 Å². The van der Waals surface area contributed by atoms with Crippen LogP contribution in [0, 0.1) is 17.5 Å². The molecule has 7 heteroatoms. The molecule has 0 unspecified atom stereocenters. The molecule has 0 radical (unpaired) electrons. The summed E-state index contributed by atoms with van der Waals surface area (Å²) in [4.78, 5) is 15.3. The molecule has 0 aliphatic heterocycles. The van der Waals surface area contributed by atoms with E-state index >= 15 is 0 Å². The average Bonchev–Trinajstić information content (AvgIpc) is 2.69. The van der Waals surface area contributed by atoms with Crippen molar-refractivity contribution in [2.45, 2.75) is 6.61 Å². The summed E-state index contributed by atoms with van der Waals surface area (Å²) < 4.78 is 53.2. The molecule has 3 aromatic rings. The van der Waals surface area contributed by atoms with Gasteiger partial charge in [0.15, 0.2) is 11.6 Å². The van der Waals surface area contributed by atoms with Crippen molar-refractivity contribution in [3.8, 4) is 17.0 Å². The van der Waals surface area contributed by atoms with Crippen molar-refractivity contribution in [3.63, 3.8) is 0 Å². The second-order valence-electron chi connectivity index (χ2n) is 5.53. The lowest BCUT2D eigenvalue weighted by molar-refractivity contribution is 0.0594. The largest absolute Gasteiger partial charge is 0.486 e. The first-order valence-electron chi connectivity index (χ1n) is 7.91. The molecular formula is C20H14F3NO3. The van der Waals surface area contributed by atoms with Gasteiger partial charge in [0.25, 0.3) is 0 Å². The van der Waals surface area contributed by atoms with Gasteiger partial charge in [-0.15, -0.1) is 0 Å². The quantitative estimate of drug-likeness (QED) is 0.617. The van der Waals surface area contributed by atoms with E-state index in [1.54, 1.807) is 24.3 Å². The van der Waals surface area contributed by atoms with Gasteiger partial charge in [-0.3, -0.25) is 0 Å². The number of halogens is 3. The molecule has 0 fully saturated rings. The summed E-state index contributed by atoms with van der Waals surface area (Å²) in [5, 5.41) is 0. The smallest absolute Gasteiger partial charge is 0.356 e. The number of carbonyl (C=O) groups excluding carboxylic acids is 1. The highest BCUT2D eigenvalue weighted by molar-refractivity contribution is 5.88. The van der Waals surface area contributed by atoms with Crippen LogP contribution >= 0.6 is 0 Å². The monoisotopic (exact) mass is 373 g/mol. The van der Waals surface area contributed by atoms with Gasteiger partial charge < -0.3 is 9.47 Å². The van der Waals surface area contributed by atoms with Gasteiger partial charge in [0.1, 0.15) is 29.6 Å². The number of methoxy groups -OCH3 is 1. The molecule has 0 atom stereocenters. The molecule has 4 nitrogen and oxygen atoms in total. The first-order chi connectivity index (χ1) is 13.0. The van der Waals surface area contributed by atoms with E-state index in [9.17, 15) is 18.0 Å². The average molecular weight is 373 g/mol. The Labute approximate surface area is 153 Å². The fourth-order valence-corrected chi connectivity index (χ4v) is 2.43. The Kier molecular flexibility index (Phi) is 5.40. The molecule has 0 bridgehead atoms. The number of hydrogen-bond donors (Lipinski definition) is 0. The van der Waals surface area contributed by atoms with Crippen LogP contribution in [-0.2, 0) is 11.3 Å². The normalized spacial score (nSPS) is 10.5.